The molecule has 0 fully saturated rings. The van der Waals surface area contributed by atoms with Gasteiger partial charge in [0.1, 0.15) is 11.5 Å². The van der Waals surface area contributed by atoms with Gasteiger partial charge in [-0.15, -0.1) is 0 Å². The molecule has 2 rings (SSSR count). The van der Waals surface area contributed by atoms with Crippen LogP contribution < -0.4 is 16.2 Å². The van der Waals surface area contributed by atoms with Gasteiger partial charge in [-0.1, -0.05) is 19.9 Å². The summed E-state index contributed by atoms with van der Waals surface area (Å²) >= 11 is 0. The van der Waals surface area contributed by atoms with Crippen molar-refractivity contribution in [3.05, 3.63) is 47.5 Å². The zero-order valence-electron chi connectivity index (χ0n) is 11.6. The van der Waals surface area contributed by atoms with E-state index in [9.17, 15) is 0 Å². The van der Waals surface area contributed by atoms with Gasteiger partial charge < -0.3 is 16.2 Å². The van der Waals surface area contributed by atoms with E-state index < -0.39 is 0 Å². The molecule has 0 aliphatic carbocycles. The minimum Gasteiger partial charge on any atom is -0.457 e. The Morgan fingerprint density at radius 3 is 2.11 bits per heavy atom. The number of hydrogen-bond donors (Lipinski definition) is 2. The Kier molecular flexibility index (Phi) is 3.65. The Hall–Kier alpha value is -2.16. The molecule has 0 aromatic heterocycles. The Balaban J connectivity index is 2.24. The summed E-state index contributed by atoms with van der Waals surface area (Å²) in [4.78, 5) is 0. The van der Waals surface area contributed by atoms with Crippen LogP contribution in [0.25, 0.3) is 0 Å². The molecule has 2 aromatic carbocycles. The fourth-order valence-electron chi connectivity index (χ4n) is 2.11. The first-order valence-corrected chi connectivity index (χ1v) is 6.41. The molecule has 0 saturated heterocycles. The summed E-state index contributed by atoms with van der Waals surface area (Å²) in [5.74, 6) is 2.02. The van der Waals surface area contributed by atoms with Gasteiger partial charge in [-0.05, 0) is 48.2 Å². The van der Waals surface area contributed by atoms with E-state index >= 15 is 0 Å². The van der Waals surface area contributed by atoms with Gasteiger partial charge in [0.05, 0.1) is 11.4 Å². The van der Waals surface area contributed by atoms with E-state index in [4.69, 9.17) is 16.2 Å². The first-order chi connectivity index (χ1) is 8.97. The van der Waals surface area contributed by atoms with Crippen LogP contribution in [-0.2, 0) is 0 Å². The van der Waals surface area contributed by atoms with E-state index in [0.29, 0.717) is 23.0 Å². The molecule has 3 nitrogen and oxygen atoms in total. The van der Waals surface area contributed by atoms with Crippen molar-refractivity contribution in [2.75, 3.05) is 11.5 Å². The van der Waals surface area contributed by atoms with Crippen molar-refractivity contribution in [2.45, 2.75) is 26.7 Å². The molecule has 0 radical (unpaired) electrons. The average molecular weight is 256 g/mol. The third-order valence-electron chi connectivity index (χ3n) is 3.16. The Labute approximate surface area is 114 Å². The van der Waals surface area contributed by atoms with Crippen molar-refractivity contribution in [2.24, 2.45) is 0 Å². The standard InChI is InChI=1S/C16H20N2O/c1-10(2)14-6-4-12(8-11(14)3)19-13-5-7-15(17)16(18)9-13/h4-10H,17-18H2,1-3H3. The molecule has 0 bridgehead atoms. The largest absolute Gasteiger partial charge is 0.457 e. The Morgan fingerprint density at radius 1 is 0.895 bits per heavy atom. The van der Waals surface area contributed by atoms with Crippen LogP contribution in [0.3, 0.4) is 0 Å². The lowest BCUT2D eigenvalue weighted by Crippen LogP contribution is -1.96. The van der Waals surface area contributed by atoms with Gasteiger partial charge >= 0.3 is 0 Å². The zero-order valence-corrected chi connectivity index (χ0v) is 11.6. The van der Waals surface area contributed by atoms with Crippen molar-refractivity contribution in [1.82, 2.24) is 0 Å². The highest BCUT2D eigenvalue weighted by atomic mass is 16.5. The molecule has 19 heavy (non-hydrogen) atoms. The quantitative estimate of drug-likeness (QED) is 0.813. The second-order valence-corrected chi connectivity index (χ2v) is 5.07. The van der Waals surface area contributed by atoms with Gasteiger partial charge in [0.2, 0.25) is 0 Å². The molecular weight excluding hydrogens is 236 g/mol. The second kappa shape index (κ2) is 5.22. The van der Waals surface area contributed by atoms with E-state index in [0.717, 1.165) is 5.75 Å². The van der Waals surface area contributed by atoms with Gasteiger partial charge in [0, 0.05) is 6.07 Å². The summed E-state index contributed by atoms with van der Waals surface area (Å²) in [7, 11) is 0. The SMILES string of the molecule is Cc1cc(Oc2ccc(N)c(N)c2)ccc1C(C)C. The van der Waals surface area contributed by atoms with Gasteiger partial charge in [-0.3, -0.25) is 0 Å². The summed E-state index contributed by atoms with van der Waals surface area (Å²) in [5.41, 5.74) is 15.1. The first kappa shape index (κ1) is 13.3. The predicted molar refractivity (Wildman–Crippen MR) is 80.6 cm³/mol. The highest BCUT2D eigenvalue weighted by Gasteiger charge is 2.06. The van der Waals surface area contributed by atoms with E-state index in [1.807, 2.05) is 18.2 Å². The van der Waals surface area contributed by atoms with E-state index in [1.165, 1.54) is 11.1 Å². The van der Waals surface area contributed by atoms with Crippen LogP contribution in [0.5, 0.6) is 11.5 Å². The maximum Gasteiger partial charge on any atom is 0.129 e. The number of nitrogens with two attached hydrogens (primary N) is 2. The molecule has 0 heterocycles. The second-order valence-electron chi connectivity index (χ2n) is 5.07. The maximum absolute atomic E-state index is 5.79. The van der Waals surface area contributed by atoms with Crippen LogP contribution in [0.4, 0.5) is 11.4 Å². The number of rotatable bonds is 3. The number of aryl methyl sites for hydroxylation is 1. The molecule has 0 aliphatic rings. The number of hydrogen-bond acceptors (Lipinski definition) is 3. The van der Waals surface area contributed by atoms with Crippen LogP contribution in [-0.4, -0.2) is 0 Å². The highest BCUT2D eigenvalue weighted by molar-refractivity contribution is 5.65. The number of ether oxygens (including phenoxy) is 1. The number of anilines is 2. The molecule has 0 amide bonds. The highest BCUT2D eigenvalue weighted by Crippen LogP contribution is 2.29. The third kappa shape index (κ3) is 2.99. The number of nitrogen functional groups attached to an aromatic ring is 2. The molecule has 0 saturated carbocycles. The third-order valence-corrected chi connectivity index (χ3v) is 3.16. The first-order valence-electron chi connectivity index (χ1n) is 6.41. The lowest BCUT2D eigenvalue weighted by molar-refractivity contribution is 0.482. The summed E-state index contributed by atoms with van der Waals surface area (Å²) in [6, 6.07) is 11.4. The van der Waals surface area contributed by atoms with Crippen LogP contribution in [0.15, 0.2) is 36.4 Å². The lowest BCUT2D eigenvalue weighted by Gasteiger charge is -2.12. The minimum atomic E-state index is 0.515. The molecule has 0 spiro atoms. The van der Waals surface area contributed by atoms with Gasteiger partial charge in [-0.2, -0.15) is 0 Å². The van der Waals surface area contributed by atoms with Gasteiger partial charge in [-0.25, -0.2) is 0 Å². The van der Waals surface area contributed by atoms with Gasteiger partial charge in [0.15, 0.2) is 0 Å². The smallest absolute Gasteiger partial charge is 0.129 e. The van der Waals surface area contributed by atoms with Crippen LogP contribution in [0.1, 0.15) is 30.9 Å². The van der Waals surface area contributed by atoms with Gasteiger partial charge in [0.25, 0.3) is 0 Å². The molecule has 2 aromatic rings. The van der Waals surface area contributed by atoms with Crippen molar-refractivity contribution in [3.63, 3.8) is 0 Å². The molecule has 0 atom stereocenters. The van der Waals surface area contributed by atoms with E-state index in [1.54, 1.807) is 12.1 Å². The summed E-state index contributed by atoms with van der Waals surface area (Å²) in [6.45, 7) is 6.46. The summed E-state index contributed by atoms with van der Waals surface area (Å²) in [5, 5.41) is 0. The van der Waals surface area contributed by atoms with Crippen LogP contribution in [0.2, 0.25) is 0 Å². The van der Waals surface area contributed by atoms with Crippen molar-refractivity contribution >= 4 is 11.4 Å². The molecule has 3 heteroatoms. The zero-order chi connectivity index (χ0) is 14.0. The average Bonchev–Trinajstić information content (AvgIpc) is 2.33. The Bertz CT molecular complexity index is 591. The van der Waals surface area contributed by atoms with Crippen LogP contribution in [0, 0.1) is 6.92 Å². The maximum atomic E-state index is 5.79. The molecule has 0 unspecified atom stereocenters. The fourth-order valence-corrected chi connectivity index (χ4v) is 2.11. The van der Waals surface area contributed by atoms with E-state index in [-0.39, 0.29) is 0 Å². The number of benzene rings is 2. The topological polar surface area (TPSA) is 61.3 Å². The Morgan fingerprint density at radius 2 is 1.53 bits per heavy atom. The molecule has 0 aliphatic heterocycles. The molecule has 4 N–H and O–H groups in total. The normalized spacial score (nSPS) is 10.7. The van der Waals surface area contributed by atoms with Crippen molar-refractivity contribution < 1.29 is 4.74 Å². The molecule has 100 valence electrons. The minimum absolute atomic E-state index is 0.515. The lowest BCUT2D eigenvalue weighted by atomic mass is 9.98. The monoisotopic (exact) mass is 256 g/mol. The van der Waals surface area contributed by atoms with Crippen molar-refractivity contribution in [3.8, 4) is 11.5 Å². The fraction of sp³-hybridized carbons (Fsp3) is 0.250. The van der Waals surface area contributed by atoms with Crippen LogP contribution >= 0.6 is 0 Å². The van der Waals surface area contributed by atoms with E-state index in [2.05, 4.69) is 26.8 Å². The molecular formula is C16H20N2O. The summed E-state index contributed by atoms with van der Waals surface area (Å²) in [6.07, 6.45) is 0. The predicted octanol–water partition coefficient (Wildman–Crippen LogP) is 4.08. The summed E-state index contributed by atoms with van der Waals surface area (Å²) < 4.78 is 5.79. The van der Waals surface area contributed by atoms with Crippen molar-refractivity contribution in [1.29, 1.82) is 0 Å².